The van der Waals surface area contributed by atoms with E-state index in [0.717, 1.165) is 0 Å². The lowest BCUT2D eigenvalue weighted by molar-refractivity contribution is -0.0472. The SMILES string of the molecule is CC(C)(O)C(O)Cc1c(O)ccc(C=CC(=O)c2ccccc2)c1O. The van der Waals surface area contributed by atoms with Crippen molar-refractivity contribution >= 4 is 11.9 Å². The van der Waals surface area contributed by atoms with E-state index in [1.54, 1.807) is 24.3 Å². The highest BCUT2D eigenvalue weighted by atomic mass is 16.3. The fraction of sp³-hybridized carbons (Fsp3) is 0.250. The maximum Gasteiger partial charge on any atom is 0.185 e. The molecule has 0 heterocycles. The summed E-state index contributed by atoms with van der Waals surface area (Å²) in [6.45, 7) is 2.88. The van der Waals surface area contributed by atoms with Crippen molar-refractivity contribution in [3.05, 3.63) is 65.2 Å². The molecule has 0 saturated carbocycles. The zero-order chi connectivity index (χ0) is 18.6. The van der Waals surface area contributed by atoms with E-state index in [2.05, 4.69) is 0 Å². The summed E-state index contributed by atoms with van der Waals surface area (Å²) in [6.07, 6.45) is 1.48. The lowest BCUT2D eigenvalue weighted by Crippen LogP contribution is -2.37. The molecule has 4 N–H and O–H groups in total. The van der Waals surface area contributed by atoms with Crippen LogP contribution < -0.4 is 0 Å². The molecule has 1 atom stereocenters. The van der Waals surface area contributed by atoms with Crippen molar-refractivity contribution in [3.8, 4) is 11.5 Å². The molecule has 2 rings (SSSR count). The van der Waals surface area contributed by atoms with E-state index in [-0.39, 0.29) is 29.3 Å². The van der Waals surface area contributed by atoms with Crippen LogP contribution in [0.25, 0.3) is 6.08 Å². The summed E-state index contributed by atoms with van der Waals surface area (Å²) >= 11 is 0. The molecule has 0 spiro atoms. The zero-order valence-electron chi connectivity index (χ0n) is 14.2. The molecule has 1 unspecified atom stereocenters. The molecule has 0 aromatic heterocycles. The summed E-state index contributed by atoms with van der Waals surface area (Å²) in [5.74, 6) is -0.640. The third-order valence-corrected chi connectivity index (χ3v) is 3.97. The number of carbonyl (C=O) groups excluding carboxylic acids is 1. The molecule has 0 radical (unpaired) electrons. The standard InChI is InChI=1S/C20H22O5/c1-20(2,25)18(23)12-15-17(22)11-9-14(19(15)24)8-10-16(21)13-6-4-3-5-7-13/h3-11,18,22-25H,12H2,1-2H3. The summed E-state index contributed by atoms with van der Waals surface area (Å²) in [4.78, 5) is 12.1. The highest BCUT2D eigenvalue weighted by Gasteiger charge is 2.27. The number of hydrogen-bond donors (Lipinski definition) is 4. The van der Waals surface area contributed by atoms with Crippen molar-refractivity contribution in [1.29, 1.82) is 0 Å². The van der Waals surface area contributed by atoms with E-state index >= 15 is 0 Å². The summed E-state index contributed by atoms with van der Waals surface area (Å²) in [6, 6.07) is 11.6. The van der Waals surface area contributed by atoms with Gasteiger partial charge < -0.3 is 20.4 Å². The highest BCUT2D eigenvalue weighted by Crippen LogP contribution is 2.33. The Balaban J connectivity index is 2.27. The molecule has 0 fully saturated rings. The molecule has 0 amide bonds. The molecular weight excluding hydrogens is 320 g/mol. The van der Waals surface area contributed by atoms with Crippen molar-refractivity contribution in [3.63, 3.8) is 0 Å². The second kappa shape index (κ2) is 7.51. The number of benzene rings is 2. The molecule has 132 valence electrons. The van der Waals surface area contributed by atoms with Gasteiger partial charge in [0.2, 0.25) is 0 Å². The predicted octanol–water partition coefficient (Wildman–Crippen LogP) is 2.67. The van der Waals surface area contributed by atoms with Crippen LogP contribution in [0.2, 0.25) is 0 Å². The third kappa shape index (κ3) is 4.68. The first-order valence-electron chi connectivity index (χ1n) is 7.92. The summed E-state index contributed by atoms with van der Waals surface area (Å²) in [5, 5.41) is 40.1. The first kappa shape index (κ1) is 18.7. The van der Waals surface area contributed by atoms with Gasteiger partial charge in [0.05, 0.1) is 11.7 Å². The van der Waals surface area contributed by atoms with E-state index < -0.39 is 11.7 Å². The molecule has 2 aromatic rings. The van der Waals surface area contributed by atoms with Crippen LogP contribution in [0.5, 0.6) is 11.5 Å². The predicted molar refractivity (Wildman–Crippen MR) is 95.6 cm³/mol. The number of aliphatic hydroxyl groups excluding tert-OH is 1. The van der Waals surface area contributed by atoms with Gasteiger partial charge in [0.1, 0.15) is 11.5 Å². The van der Waals surface area contributed by atoms with Crippen molar-refractivity contribution in [2.45, 2.75) is 32.0 Å². The largest absolute Gasteiger partial charge is 0.508 e. The van der Waals surface area contributed by atoms with Crippen LogP contribution in [0.15, 0.2) is 48.5 Å². The van der Waals surface area contributed by atoms with Crippen LogP contribution >= 0.6 is 0 Å². The van der Waals surface area contributed by atoms with Gasteiger partial charge in [-0.1, -0.05) is 30.3 Å². The number of aromatic hydroxyl groups is 2. The van der Waals surface area contributed by atoms with Crippen molar-refractivity contribution in [1.82, 2.24) is 0 Å². The van der Waals surface area contributed by atoms with Crippen molar-refractivity contribution in [2.24, 2.45) is 0 Å². The van der Waals surface area contributed by atoms with E-state index in [0.29, 0.717) is 11.1 Å². The molecule has 0 aliphatic heterocycles. The van der Waals surface area contributed by atoms with E-state index in [4.69, 9.17) is 0 Å². The molecule has 5 nitrogen and oxygen atoms in total. The molecule has 0 saturated heterocycles. The van der Waals surface area contributed by atoms with Crippen molar-refractivity contribution < 1.29 is 25.2 Å². The highest BCUT2D eigenvalue weighted by molar-refractivity contribution is 6.06. The monoisotopic (exact) mass is 342 g/mol. The number of ketones is 1. The molecule has 2 aromatic carbocycles. The minimum absolute atomic E-state index is 0.115. The summed E-state index contributed by atoms with van der Waals surface area (Å²) < 4.78 is 0. The fourth-order valence-corrected chi connectivity index (χ4v) is 2.29. The molecule has 0 bridgehead atoms. The zero-order valence-corrected chi connectivity index (χ0v) is 14.2. The smallest absolute Gasteiger partial charge is 0.185 e. The average Bonchev–Trinajstić information content (AvgIpc) is 2.57. The second-order valence-corrected chi connectivity index (χ2v) is 6.44. The third-order valence-electron chi connectivity index (χ3n) is 3.97. The number of hydrogen-bond acceptors (Lipinski definition) is 5. The van der Waals surface area contributed by atoms with Gasteiger partial charge in [0.15, 0.2) is 5.78 Å². The van der Waals surface area contributed by atoms with Crippen LogP contribution in [0.1, 0.15) is 35.3 Å². The first-order chi connectivity index (χ1) is 11.7. The van der Waals surface area contributed by atoms with E-state index in [1.807, 2.05) is 6.07 Å². The van der Waals surface area contributed by atoms with Gasteiger partial charge >= 0.3 is 0 Å². The minimum Gasteiger partial charge on any atom is -0.508 e. The summed E-state index contributed by atoms with van der Waals surface area (Å²) in [7, 11) is 0. The Morgan fingerprint density at radius 3 is 2.36 bits per heavy atom. The van der Waals surface area contributed by atoms with E-state index in [9.17, 15) is 25.2 Å². The molecule has 0 aliphatic rings. The van der Waals surface area contributed by atoms with Gasteiger partial charge in [-0.25, -0.2) is 0 Å². The van der Waals surface area contributed by atoms with Crippen LogP contribution in [-0.4, -0.2) is 37.9 Å². The lowest BCUT2D eigenvalue weighted by atomic mass is 9.93. The van der Waals surface area contributed by atoms with Gasteiger partial charge in [-0.05, 0) is 38.1 Å². The number of phenolic OH excluding ortho intramolecular Hbond substituents is 2. The number of aliphatic hydroxyl groups is 2. The fourth-order valence-electron chi connectivity index (χ4n) is 2.29. The quantitative estimate of drug-likeness (QED) is 0.478. The molecule has 0 aliphatic carbocycles. The van der Waals surface area contributed by atoms with Gasteiger partial charge in [-0.3, -0.25) is 4.79 Å². The maximum atomic E-state index is 12.1. The van der Waals surface area contributed by atoms with Crippen molar-refractivity contribution in [2.75, 3.05) is 0 Å². The number of carbonyl (C=O) groups is 1. The second-order valence-electron chi connectivity index (χ2n) is 6.44. The van der Waals surface area contributed by atoms with Gasteiger partial charge in [-0.2, -0.15) is 0 Å². The van der Waals surface area contributed by atoms with Crippen LogP contribution in [-0.2, 0) is 6.42 Å². The topological polar surface area (TPSA) is 98.0 Å². The van der Waals surface area contributed by atoms with Crippen LogP contribution in [0, 0.1) is 0 Å². The first-order valence-corrected chi connectivity index (χ1v) is 7.92. The Hall–Kier alpha value is -2.63. The Bertz CT molecular complexity index is 773. The Morgan fingerprint density at radius 1 is 1.12 bits per heavy atom. The minimum atomic E-state index is -1.38. The molecule has 5 heteroatoms. The lowest BCUT2D eigenvalue weighted by Gasteiger charge is -2.25. The molecular formula is C20H22O5. The number of rotatable bonds is 6. The Kier molecular flexibility index (Phi) is 5.62. The number of allylic oxidation sites excluding steroid dienone is 1. The number of phenols is 2. The van der Waals surface area contributed by atoms with Gasteiger partial charge in [0, 0.05) is 23.1 Å². The Labute approximate surface area is 146 Å². The van der Waals surface area contributed by atoms with Gasteiger partial charge in [0.25, 0.3) is 0 Å². The normalized spacial score (nSPS) is 13.1. The average molecular weight is 342 g/mol. The Morgan fingerprint density at radius 2 is 1.76 bits per heavy atom. The van der Waals surface area contributed by atoms with E-state index in [1.165, 1.54) is 38.1 Å². The summed E-state index contributed by atoms with van der Waals surface area (Å²) in [5.41, 5.74) is -0.410. The molecule has 25 heavy (non-hydrogen) atoms. The van der Waals surface area contributed by atoms with Crippen LogP contribution in [0.3, 0.4) is 0 Å². The maximum absolute atomic E-state index is 12.1. The van der Waals surface area contributed by atoms with Gasteiger partial charge in [-0.15, -0.1) is 0 Å². The van der Waals surface area contributed by atoms with Crippen LogP contribution in [0.4, 0.5) is 0 Å².